The van der Waals surface area contributed by atoms with E-state index in [0.717, 1.165) is 66.1 Å². The van der Waals surface area contributed by atoms with Crippen molar-refractivity contribution in [2.75, 3.05) is 0 Å². The van der Waals surface area contributed by atoms with Gasteiger partial charge in [0.1, 0.15) is 11.2 Å². The van der Waals surface area contributed by atoms with E-state index in [-0.39, 0.29) is 0 Å². The zero-order valence-electron chi connectivity index (χ0n) is 34.5. The molecule has 0 spiro atoms. The Morgan fingerprint density at radius 3 is 1.23 bits per heavy atom. The van der Waals surface area contributed by atoms with E-state index in [1.54, 1.807) is 0 Å². The van der Waals surface area contributed by atoms with E-state index in [2.05, 4.69) is 223 Å². The summed E-state index contributed by atoms with van der Waals surface area (Å²) in [6.45, 7) is 0. The third-order valence-corrected chi connectivity index (χ3v) is 12.6. The van der Waals surface area contributed by atoms with E-state index in [0.29, 0.717) is 17.5 Å². The number of benzene rings is 10. The first kappa shape index (κ1) is 36.0. The van der Waals surface area contributed by atoms with Gasteiger partial charge in [-0.05, 0) is 104 Å². The van der Waals surface area contributed by atoms with Crippen molar-refractivity contribution in [3.05, 3.63) is 218 Å². The normalized spacial score (nSPS) is 11.8. The van der Waals surface area contributed by atoms with Crippen molar-refractivity contribution in [1.29, 1.82) is 0 Å². The second-order valence-electron chi connectivity index (χ2n) is 16.5. The highest BCUT2D eigenvalue weighted by Gasteiger charge is 2.19. The van der Waals surface area contributed by atoms with Crippen LogP contribution in [0.5, 0.6) is 0 Å². The minimum Gasteiger partial charge on any atom is -0.456 e. The SMILES string of the molecule is c1ccc(-c2ccc3c(c2)c2cc(-c4ccccc4)ccc2n3-c2ccc3c(c2)oc2cc(-c4nc(-c5ccc6ccccc6c5)nc(-c5ccc6ccccc6c5)n4)ccc23)cc1. The van der Waals surface area contributed by atoms with Crippen molar-refractivity contribution in [1.82, 2.24) is 19.5 Å². The molecule has 0 saturated carbocycles. The highest BCUT2D eigenvalue weighted by Crippen LogP contribution is 2.40. The lowest BCUT2D eigenvalue weighted by Gasteiger charge is -2.10. The molecule has 0 fully saturated rings. The standard InChI is InChI=1S/C59H36N4O/c1-3-11-37(12-4-1)43-24-29-53-51(33-43)52-34-44(38-13-5-2-6-14-38)25-30-54(52)63(53)48-26-28-50-49-27-23-47(35-55(49)64-56(50)36-48)59-61-57(45-21-19-39-15-7-9-17-41(39)31-45)60-58(62-59)46-22-20-40-16-8-10-18-42(40)32-46/h1-36H. The number of furan rings is 1. The predicted octanol–water partition coefficient (Wildman–Crippen LogP) is 15.5. The van der Waals surface area contributed by atoms with Gasteiger partial charge in [-0.1, -0.05) is 152 Å². The van der Waals surface area contributed by atoms with Gasteiger partial charge < -0.3 is 8.98 Å². The van der Waals surface area contributed by atoms with Gasteiger partial charge in [-0.2, -0.15) is 0 Å². The van der Waals surface area contributed by atoms with Crippen molar-refractivity contribution in [3.63, 3.8) is 0 Å². The minimum absolute atomic E-state index is 0.583. The molecular formula is C59H36N4O. The maximum atomic E-state index is 6.77. The largest absolute Gasteiger partial charge is 0.456 e. The van der Waals surface area contributed by atoms with E-state index in [4.69, 9.17) is 19.4 Å². The fraction of sp³-hybridized carbons (Fsp3) is 0. The van der Waals surface area contributed by atoms with Crippen LogP contribution in [0, 0.1) is 0 Å². The molecule has 0 aliphatic rings. The molecule has 0 N–H and O–H groups in total. The number of hydrogen-bond acceptors (Lipinski definition) is 4. The summed E-state index contributed by atoms with van der Waals surface area (Å²) < 4.78 is 9.13. The molecule has 13 aromatic rings. The predicted molar refractivity (Wildman–Crippen MR) is 264 cm³/mol. The van der Waals surface area contributed by atoms with Crippen LogP contribution in [-0.4, -0.2) is 19.5 Å². The van der Waals surface area contributed by atoms with Crippen molar-refractivity contribution in [2.45, 2.75) is 0 Å². The molecule has 5 nitrogen and oxygen atoms in total. The van der Waals surface area contributed by atoms with Crippen LogP contribution in [-0.2, 0) is 0 Å². The average molecular weight is 817 g/mol. The Morgan fingerprint density at radius 1 is 0.281 bits per heavy atom. The lowest BCUT2D eigenvalue weighted by Crippen LogP contribution is -2.00. The molecule has 0 atom stereocenters. The number of hydrogen-bond donors (Lipinski definition) is 0. The lowest BCUT2D eigenvalue weighted by molar-refractivity contribution is 0.668. The maximum absolute atomic E-state index is 6.77. The molecule has 3 aromatic heterocycles. The van der Waals surface area contributed by atoms with Crippen LogP contribution in [0.15, 0.2) is 223 Å². The van der Waals surface area contributed by atoms with Gasteiger partial charge >= 0.3 is 0 Å². The number of aromatic nitrogens is 4. The number of rotatable bonds is 6. The molecule has 0 aliphatic carbocycles. The van der Waals surface area contributed by atoms with Gasteiger partial charge in [0.15, 0.2) is 17.5 Å². The second kappa shape index (κ2) is 14.5. The maximum Gasteiger partial charge on any atom is 0.164 e. The Balaban J connectivity index is 0.947. The molecule has 13 rings (SSSR count). The van der Waals surface area contributed by atoms with E-state index < -0.39 is 0 Å². The zero-order valence-corrected chi connectivity index (χ0v) is 34.5. The van der Waals surface area contributed by atoms with E-state index in [9.17, 15) is 0 Å². The molecule has 0 unspecified atom stereocenters. The fourth-order valence-electron chi connectivity index (χ4n) is 9.39. The van der Waals surface area contributed by atoms with Gasteiger partial charge in [-0.15, -0.1) is 0 Å². The van der Waals surface area contributed by atoms with E-state index in [1.807, 2.05) is 0 Å². The van der Waals surface area contributed by atoms with E-state index >= 15 is 0 Å². The van der Waals surface area contributed by atoms with Gasteiger partial charge in [0.25, 0.3) is 0 Å². The first-order valence-corrected chi connectivity index (χ1v) is 21.6. The summed E-state index contributed by atoms with van der Waals surface area (Å²) in [5.74, 6) is 1.82. The van der Waals surface area contributed by atoms with Crippen molar-refractivity contribution >= 4 is 65.3 Å². The Morgan fingerprint density at radius 2 is 0.703 bits per heavy atom. The van der Waals surface area contributed by atoms with Gasteiger partial charge in [0.05, 0.1) is 11.0 Å². The van der Waals surface area contributed by atoms with Crippen LogP contribution in [0.3, 0.4) is 0 Å². The second-order valence-corrected chi connectivity index (χ2v) is 16.5. The molecule has 298 valence electrons. The quantitative estimate of drug-likeness (QED) is 0.168. The topological polar surface area (TPSA) is 56.7 Å². The van der Waals surface area contributed by atoms with Gasteiger partial charge in [-0.3, -0.25) is 0 Å². The Kier molecular flexibility index (Phi) is 8.15. The van der Waals surface area contributed by atoms with Gasteiger partial charge in [0.2, 0.25) is 0 Å². The molecule has 0 saturated heterocycles. The smallest absolute Gasteiger partial charge is 0.164 e. The van der Waals surface area contributed by atoms with Crippen LogP contribution >= 0.6 is 0 Å². The van der Waals surface area contributed by atoms with Crippen LogP contribution in [0.25, 0.3) is 127 Å². The van der Waals surface area contributed by atoms with Crippen LogP contribution in [0.2, 0.25) is 0 Å². The van der Waals surface area contributed by atoms with Gasteiger partial charge in [0, 0.05) is 50.0 Å². The summed E-state index contributed by atoms with van der Waals surface area (Å²) in [7, 11) is 0. The summed E-state index contributed by atoms with van der Waals surface area (Å²) in [6, 6.07) is 77.1. The molecule has 0 aliphatic heterocycles. The summed E-state index contributed by atoms with van der Waals surface area (Å²) in [5, 5.41) is 9.08. The lowest BCUT2D eigenvalue weighted by atomic mass is 10.0. The van der Waals surface area contributed by atoms with Crippen molar-refractivity contribution < 1.29 is 4.42 Å². The van der Waals surface area contributed by atoms with Crippen molar-refractivity contribution in [3.8, 4) is 62.1 Å². The molecule has 5 heteroatoms. The highest BCUT2D eigenvalue weighted by molar-refractivity contribution is 6.12. The molecule has 3 heterocycles. The molecule has 64 heavy (non-hydrogen) atoms. The van der Waals surface area contributed by atoms with Crippen LogP contribution in [0.1, 0.15) is 0 Å². The summed E-state index contributed by atoms with van der Waals surface area (Å²) in [5.41, 5.74) is 12.4. The molecule has 0 amide bonds. The zero-order chi connectivity index (χ0) is 42.1. The molecule has 0 radical (unpaired) electrons. The first-order valence-electron chi connectivity index (χ1n) is 21.6. The third kappa shape index (κ3) is 6.05. The highest BCUT2D eigenvalue weighted by atomic mass is 16.3. The van der Waals surface area contributed by atoms with Crippen LogP contribution < -0.4 is 0 Å². The van der Waals surface area contributed by atoms with Crippen molar-refractivity contribution in [2.24, 2.45) is 0 Å². The Bertz CT molecular complexity index is 3770. The fourth-order valence-corrected chi connectivity index (χ4v) is 9.39. The Labute approximate surface area is 368 Å². The number of nitrogens with zero attached hydrogens (tertiary/aromatic N) is 4. The molecular weight excluding hydrogens is 781 g/mol. The molecule has 10 aromatic carbocycles. The third-order valence-electron chi connectivity index (χ3n) is 12.6. The summed E-state index contributed by atoms with van der Waals surface area (Å²) >= 11 is 0. The van der Waals surface area contributed by atoms with E-state index in [1.165, 1.54) is 43.8 Å². The average Bonchev–Trinajstić information content (AvgIpc) is 3.90. The van der Waals surface area contributed by atoms with Gasteiger partial charge in [-0.25, -0.2) is 15.0 Å². The monoisotopic (exact) mass is 816 g/mol. The molecule has 0 bridgehead atoms. The van der Waals surface area contributed by atoms with Crippen LogP contribution in [0.4, 0.5) is 0 Å². The summed E-state index contributed by atoms with van der Waals surface area (Å²) in [6.07, 6.45) is 0. The minimum atomic E-state index is 0.583. The number of fused-ring (bicyclic) bond motifs is 8. The first-order chi connectivity index (χ1) is 31.7. The summed E-state index contributed by atoms with van der Waals surface area (Å²) in [4.78, 5) is 15.3. The Hall–Kier alpha value is -8.67.